The SMILES string of the molecule is COc1cccc(CSc2nnc(C(C)Oc3cc(C)c(Cl)c(C)c3)n2C)c1. The number of rotatable bonds is 7. The number of hydrogen-bond acceptors (Lipinski definition) is 5. The summed E-state index contributed by atoms with van der Waals surface area (Å²) in [5.74, 6) is 3.19. The molecule has 0 spiro atoms. The average Bonchev–Trinajstić information content (AvgIpc) is 3.05. The molecule has 148 valence electrons. The first-order valence-corrected chi connectivity index (χ1v) is 10.3. The molecule has 0 aliphatic rings. The molecule has 1 unspecified atom stereocenters. The van der Waals surface area contributed by atoms with Crippen LogP contribution >= 0.6 is 23.4 Å². The van der Waals surface area contributed by atoms with Crippen molar-refractivity contribution < 1.29 is 9.47 Å². The molecule has 0 radical (unpaired) electrons. The van der Waals surface area contributed by atoms with Crippen LogP contribution in [0.3, 0.4) is 0 Å². The zero-order valence-corrected chi connectivity index (χ0v) is 18.3. The number of aromatic nitrogens is 3. The maximum Gasteiger partial charge on any atom is 0.191 e. The molecular formula is C21H24ClN3O2S. The molecule has 0 aliphatic carbocycles. The van der Waals surface area contributed by atoms with Crippen LogP contribution in [0.5, 0.6) is 11.5 Å². The van der Waals surface area contributed by atoms with E-state index < -0.39 is 0 Å². The molecule has 5 nitrogen and oxygen atoms in total. The number of nitrogens with zero attached hydrogens (tertiary/aromatic N) is 3. The van der Waals surface area contributed by atoms with E-state index in [1.54, 1.807) is 18.9 Å². The molecule has 1 aromatic heterocycles. The zero-order valence-electron chi connectivity index (χ0n) is 16.7. The zero-order chi connectivity index (χ0) is 20.3. The lowest BCUT2D eigenvalue weighted by molar-refractivity contribution is 0.211. The largest absolute Gasteiger partial charge is 0.497 e. The van der Waals surface area contributed by atoms with Gasteiger partial charge in [-0.2, -0.15) is 0 Å². The minimum Gasteiger partial charge on any atom is -0.497 e. The lowest BCUT2D eigenvalue weighted by atomic mass is 10.1. The summed E-state index contributed by atoms with van der Waals surface area (Å²) in [6.45, 7) is 5.92. The molecule has 0 bridgehead atoms. The van der Waals surface area contributed by atoms with Gasteiger partial charge in [-0.1, -0.05) is 35.5 Å². The van der Waals surface area contributed by atoms with Crippen molar-refractivity contribution in [1.82, 2.24) is 14.8 Å². The number of benzene rings is 2. The van der Waals surface area contributed by atoms with E-state index >= 15 is 0 Å². The summed E-state index contributed by atoms with van der Waals surface area (Å²) in [7, 11) is 3.63. The summed E-state index contributed by atoms with van der Waals surface area (Å²) in [6, 6.07) is 11.9. The van der Waals surface area contributed by atoms with Crippen molar-refractivity contribution in [1.29, 1.82) is 0 Å². The molecule has 28 heavy (non-hydrogen) atoms. The third kappa shape index (κ3) is 4.62. The van der Waals surface area contributed by atoms with Crippen molar-refractivity contribution in [3.05, 3.63) is 63.9 Å². The summed E-state index contributed by atoms with van der Waals surface area (Å²) < 4.78 is 13.4. The van der Waals surface area contributed by atoms with Crippen molar-refractivity contribution in [2.45, 2.75) is 37.8 Å². The van der Waals surface area contributed by atoms with E-state index in [2.05, 4.69) is 16.3 Å². The Labute approximate surface area is 175 Å². The fraction of sp³-hybridized carbons (Fsp3) is 0.333. The Kier molecular flexibility index (Phi) is 6.52. The Morgan fingerprint density at radius 3 is 2.50 bits per heavy atom. The third-order valence-electron chi connectivity index (χ3n) is 4.46. The van der Waals surface area contributed by atoms with Crippen LogP contribution in [-0.4, -0.2) is 21.9 Å². The number of thioether (sulfide) groups is 1. The standard InChI is InChI=1S/C21H24ClN3O2S/c1-13-9-18(10-14(2)19(13)22)27-15(3)20-23-24-21(25(20)4)28-12-16-7-6-8-17(11-16)26-5/h6-11,15H,12H2,1-5H3. The Hall–Kier alpha value is -2.18. The van der Waals surface area contributed by atoms with Crippen molar-refractivity contribution in [2.24, 2.45) is 7.05 Å². The molecule has 0 amide bonds. The van der Waals surface area contributed by atoms with Crippen LogP contribution in [0.4, 0.5) is 0 Å². The number of aryl methyl sites for hydroxylation is 2. The van der Waals surface area contributed by atoms with E-state index in [0.717, 1.165) is 44.4 Å². The molecule has 0 aliphatic heterocycles. The Balaban J connectivity index is 1.69. The summed E-state index contributed by atoms with van der Waals surface area (Å²) in [5, 5.41) is 10.3. The van der Waals surface area contributed by atoms with E-state index in [9.17, 15) is 0 Å². The molecule has 1 heterocycles. The smallest absolute Gasteiger partial charge is 0.191 e. The van der Waals surface area contributed by atoms with Gasteiger partial charge in [0.2, 0.25) is 0 Å². The van der Waals surface area contributed by atoms with E-state index in [1.165, 1.54) is 5.56 Å². The fourth-order valence-electron chi connectivity index (χ4n) is 2.95. The molecule has 3 rings (SSSR count). The van der Waals surface area contributed by atoms with Gasteiger partial charge in [-0.25, -0.2) is 0 Å². The van der Waals surface area contributed by atoms with Gasteiger partial charge in [0.1, 0.15) is 11.5 Å². The van der Waals surface area contributed by atoms with E-state index in [4.69, 9.17) is 21.1 Å². The lowest BCUT2D eigenvalue weighted by Gasteiger charge is -2.16. The minimum absolute atomic E-state index is 0.233. The minimum atomic E-state index is -0.233. The Morgan fingerprint density at radius 1 is 1.11 bits per heavy atom. The first-order chi connectivity index (χ1) is 13.4. The van der Waals surface area contributed by atoms with Crippen LogP contribution in [0.15, 0.2) is 41.6 Å². The second-order valence-electron chi connectivity index (χ2n) is 6.67. The molecule has 1 atom stereocenters. The van der Waals surface area contributed by atoms with Gasteiger partial charge in [0.15, 0.2) is 17.1 Å². The monoisotopic (exact) mass is 417 g/mol. The summed E-state index contributed by atoms with van der Waals surface area (Å²) in [6.07, 6.45) is -0.233. The maximum atomic E-state index is 6.24. The highest BCUT2D eigenvalue weighted by Gasteiger charge is 2.18. The Morgan fingerprint density at radius 2 is 1.82 bits per heavy atom. The van der Waals surface area contributed by atoms with Gasteiger partial charge in [-0.15, -0.1) is 10.2 Å². The fourth-order valence-corrected chi connectivity index (χ4v) is 3.92. The third-order valence-corrected chi connectivity index (χ3v) is 6.14. The summed E-state index contributed by atoms with van der Waals surface area (Å²) in [4.78, 5) is 0. The van der Waals surface area contributed by atoms with Crippen LogP contribution in [0.2, 0.25) is 5.02 Å². The first-order valence-electron chi connectivity index (χ1n) is 8.97. The highest BCUT2D eigenvalue weighted by atomic mass is 35.5. The molecule has 3 aromatic rings. The molecule has 0 N–H and O–H groups in total. The van der Waals surface area contributed by atoms with E-state index in [0.29, 0.717) is 0 Å². The van der Waals surface area contributed by atoms with E-state index in [-0.39, 0.29) is 6.10 Å². The normalized spacial score (nSPS) is 12.1. The molecule has 0 saturated carbocycles. The van der Waals surface area contributed by atoms with Gasteiger partial charge in [0.05, 0.1) is 7.11 Å². The van der Waals surface area contributed by atoms with Crippen molar-refractivity contribution in [3.63, 3.8) is 0 Å². The summed E-state index contributed by atoms with van der Waals surface area (Å²) >= 11 is 7.87. The average molecular weight is 418 g/mol. The van der Waals surface area contributed by atoms with Gasteiger partial charge in [0, 0.05) is 17.8 Å². The van der Waals surface area contributed by atoms with Crippen LogP contribution in [0.1, 0.15) is 35.5 Å². The number of methoxy groups -OCH3 is 1. The summed E-state index contributed by atoms with van der Waals surface area (Å²) in [5.41, 5.74) is 3.16. The highest BCUT2D eigenvalue weighted by molar-refractivity contribution is 7.98. The molecule has 7 heteroatoms. The second-order valence-corrected chi connectivity index (χ2v) is 7.99. The van der Waals surface area contributed by atoms with Gasteiger partial charge in [-0.3, -0.25) is 0 Å². The van der Waals surface area contributed by atoms with Gasteiger partial charge in [0.25, 0.3) is 0 Å². The number of halogens is 1. The van der Waals surface area contributed by atoms with E-state index in [1.807, 2.05) is 62.7 Å². The molecule has 0 saturated heterocycles. The highest BCUT2D eigenvalue weighted by Crippen LogP contribution is 2.30. The van der Waals surface area contributed by atoms with Crippen LogP contribution in [-0.2, 0) is 12.8 Å². The van der Waals surface area contributed by atoms with Crippen LogP contribution < -0.4 is 9.47 Å². The second kappa shape index (κ2) is 8.88. The van der Waals surface area contributed by atoms with Crippen molar-refractivity contribution >= 4 is 23.4 Å². The van der Waals surface area contributed by atoms with Crippen LogP contribution in [0, 0.1) is 13.8 Å². The lowest BCUT2D eigenvalue weighted by Crippen LogP contribution is -2.10. The molecular weight excluding hydrogens is 394 g/mol. The van der Waals surface area contributed by atoms with Gasteiger partial charge >= 0.3 is 0 Å². The number of ether oxygens (including phenoxy) is 2. The van der Waals surface area contributed by atoms with Gasteiger partial charge < -0.3 is 14.0 Å². The predicted molar refractivity (Wildman–Crippen MR) is 114 cm³/mol. The molecule has 2 aromatic carbocycles. The quantitative estimate of drug-likeness (QED) is 0.473. The van der Waals surface area contributed by atoms with Crippen molar-refractivity contribution in [3.8, 4) is 11.5 Å². The first kappa shape index (κ1) is 20.6. The topological polar surface area (TPSA) is 49.2 Å². The number of hydrogen-bond donors (Lipinski definition) is 0. The van der Waals surface area contributed by atoms with Gasteiger partial charge in [-0.05, 0) is 61.7 Å². The van der Waals surface area contributed by atoms with Crippen molar-refractivity contribution in [2.75, 3.05) is 7.11 Å². The molecule has 0 fully saturated rings. The Bertz CT molecular complexity index is 951. The van der Waals surface area contributed by atoms with Crippen LogP contribution in [0.25, 0.3) is 0 Å². The predicted octanol–water partition coefficient (Wildman–Crippen LogP) is 5.53. The maximum absolute atomic E-state index is 6.24.